The summed E-state index contributed by atoms with van der Waals surface area (Å²) in [4.78, 5) is 7.23. The van der Waals surface area contributed by atoms with Gasteiger partial charge in [-0.25, -0.2) is 4.99 Å². The predicted octanol–water partition coefficient (Wildman–Crippen LogP) is 4.21. The van der Waals surface area contributed by atoms with E-state index in [4.69, 9.17) is 14.5 Å². The maximum atomic E-state index is 5.97. The van der Waals surface area contributed by atoms with Gasteiger partial charge in [0.2, 0.25) is 0 Å². The van der Waals surface area contributed by atoms with Crippen LogP contribution in [-0.4, -0.2) is 63.9 Å². The van der Waals surface area contributed by atoms with Gasteiger partial charge in [0, 0.05) is 38.8 Å². The Kier molecular flexibility index (Phi) is 18.0. The molecule has 0 fully saturated rings. The molecule has 0 bridgehead atoms. The van der Waals surface area contributed by atoms with Gasteiger partial charge < -0.3 is 25.0 Å². The maximum Gasteiger partial charge on any atom is 0.191 e. The number of rotatable bonds is 15. The van der Waals surface area contributed by atoms with Crippen molar-refractivity contribution in [3.8, 4) is 5.75 Å². The quantitative estimate of drug-likeness (QED) is 0.153. The van der Waals surface area contributed by atoms with Crippen LogP contribution in [0.4, 0.5) is 0 Å². The second-order valence-corrected chi connectivity index (χ2v) is 7.16. The predicted molar refractivity (Wildman–Crippen MR) is 138 cm³/mol. The number of hydrogen-bond acceptors (Lipinski definition) is 4. The van der Waals surface area contributed by atoms with Crippen molar-refractivity contribution in [1.82, 2.24) is 15.5 Å². The maximum absolute atomic E-state index is 5.97. The van der Waals surface area contributed by atoms with Crippen LogP contribution >= 0.6 is 24.0 Å². The summed E-state index contributed by atoms with van der Waals surface area (Å²) in [6, 6.07) is 6.31. The van der Waals surface area contributed by atoms with Gasteiger partial charge in [-0.3, -0.25) is 0 Å². The molecule has 0 spiro atoms. The van der Waals surface area contributed by atoms with E-state index >= 15 is 0 Å². The Morgan fingerprint density at radius 3 is 2.47 bits per heavy atom. The molecule has 1 aromatic rings. The zero-order chi connectivity index (χ0) is 21.3. The number of nitrogens with zero attached hydrogens (tertiary/aromatic N) is 2. The molecule has 0 saturated carbocycles. The lowest BCUT2D eigenvalue weighted by molar-refractivity contribution is 0.172. The highest BCUT2D eigenvalue weighted by Crippen LogP contribution is 2.21. The van der Waals surface area contributed by atoms with Gasteiger partial charge in [-0.15, -0.1) is 24.0 Å². The van der Waals surface area contributed by atoms with Crippen LogP contribution < -0.4 is 15.4 Å². The molecule has 0 atom stereocenters. The third-order valence-electron chi connectivity index (χ3n) is 4.81. The van der Waals surface area contributed by atoms with E-state index in [9.17, 15) is 0 Å². The van der Waals surface area contributed by atoms with Gasteiger partial charge in [-0.1, -0.05) is 26.0 Å². The Balaban J connectivity index is 0.00000841. The Bertz CT molecular complexity index is 580. The molecule has 0 aliphatic rings. The van der Waals surface area contributed by atoms with Gasteiger partial charge >= 0.3 is 0 Å². The average molecular weight is 535 g/mol. The third kappa shape index (κ3) is 12.6. The number of aryl methyl sites for hydroxylation is 1. The number of methoxy groups -OCH3 is 1. The first kappa shape index (κ1) is 28.9. The summed E-state index contributed by atoms with van der Waals surface area (Å²) in [6.45, 7) is 15.8. The van der Waals surface area contributed by atoms with Crippen molar-refractivity contribution in [3.63, 3.8) is 0 Å². The molecule has 7 heteroatoms. The van der Waals surface area contributed by atoms with Gasteiger partial charge in [0.15, 0.2) is 5.96 Å². The first-order chi connectivity index (χ1) is 14.1. The number of halogens is 1. The minimum absolute atomic E-state index is 0. The van der Waals surface area contributed by atoms with Crippen LogP contribution in [0, 0.1) is 6.92 Å². The van der Waals surface area contributed by atoms with Crippen molar-refractivity contribution in [3.05, 3.63) is 29.3 Å². The molecule has 0 heterocycles. The van der Waals surface area contributed by atoms with Crippen LogP contribution in [0.2, 0.25) is 0 Å². The minimum Gasteiger partial charge on any atom is -0.493 e. The summed E-state index contributed by atoms with van der Waals surface area (Å²) in [5.74, 6) is 1.78. The molecule has 174 valence electrons. The molecule has 6 nitrogen and oxygen atoms in total. The zero-order valence-electron chi connectivity index (χ0n) is 19.6. The number of unbranched alkanes of at least 4 members (excludes halogenated alkanes) is 1. The second-order valence-electron chi connectivity index (χ2n) is 7.16. The van der Waals surface area contributed by atoms with E-state index in [0.717, 1.165) is 62.8 Å². The molecule has 0 aliphatic carbocycles. The highest BCUT2D eigenvalue weighted by Gasteiger charge is 2.06. The van der Waals surface area contributed by atoms with Crippen LogP contribution in [0.5, 0.6) is 5.75 Å². The fourth-order valence-corrected chi connectivity index (χ4v) is 3.03. The van der Waals surface area contributed by atoms with E-state index in [2.05, 4.69) is 61.4 Å². The first-order valence-electron chi connectivity index (χ1n) is 11.1. The van der Waals surface area contributed by atoms with E-state index in [1.165, 1.54) is 12.0 Å². The summed E-state index contributed by atoms with van der Waals surface area (Å²) in [5.41, 5.74) is 2.30. The smallest absolute Gasteiger partial charge is 0.191 e. The molecule has 0 aromatic heterocycles. The van der Waals surface area contributed by atoms with Gasteiger partial charge in [-0.05, 0) is 58.0 Å². The van der Waals surface area contributed by atoms with E-state index in [1.54, 1.807) is 7.11 Å². The molecule has 30 heavy (non-hydrogen) atoms. The van der Waals surface area contributed by atoms with Gasteiger partial charge in [0.05, 0.1) is 13.2 Å². The molecule has 2 N–H and O–H groups in total. The standard InChI is InChI=1S/C23H42N4O2.HI/c1-6-24-23(25-14-9-10-15-27(7-2)8-3)26-19-21-13-12-20(4)18-22(21)29-17-11-16-28-5;/h12-13,18H,6-11,14-17,19H2,1-5H3,(H2,24,25,26);1H. The monoisotopic (exact) mass is 534 g/mol. The number of benzene rings is 1. The largest absolute Gasteiger partial charge is 0.493 e. The van der Waals surface area contributed by atoms with Crippen molar-refractivity contribution >= 4 is 29.9 Å². The van der Waals surface area contributed by atoms with E-state index in [0.29, 0.717) is 19.8 Å². The van der Waals surface area contributed by atoms with Crippen molar-refractivity contribution in [1.29, 1.82) is 0 Å². The lowest BCUT2D eigenvalue weighted by Gasteiger charge is -2.18. The Hall–Kier alpha value is -1.06. The summed E-state index contributed by atoms with van der Waals surface area (Å²) >= 11 is 0. The normalized spacial score (nSPS) is 11.3. The SMILES string of the molecule is CCNC(=NCc1ccc(C)cc1OCCCOC)NCCCCN(CC)CC.I. The van der Waals surface area contributed by atoms with Crippen molar-refractivity contribution in [2.45, 2.75) is 53.5 Å². The first-order valence-corrected chi connectivity index (χ1v) is 11.1. The molecular weight excluding hydrogens is 491 g/mol. The van der Waals surface area contributed by atoms with Crippen LogP contribution in [0.3, 0.4) is 0 Å². The highest BCUT2D eigenvalue weighted by molar-refractivity contribution is 14.0. The summed E-state index contributed by atoms with van der Waals surface area (Å²) in [6.07, 6.45) is 3.22. The van der Waals surface area contributed by atoms with Crippen LogP contribution in [0.25, 0.3) is 0 Å². The lowest BCUT2D eigenvalue weighted by Crippen LogP contribution is -2.38. The van der Waals surface area contributed by atoms with Crippen LogP contribution in [-0.2, 0) is 11.3 Å². The number of aliphatic imine (C=N–C) groups is 1. The topological polar surface area (TPSA) is 58.1 Å². The molecule has 1 aromatic carbocycles. The van der Waals surface area contributed by atoms with E-state index in [1.807, 2.05) is 0 Å². The minimum atomic E-state index is 0. The molecule has 0 saturated heterocycles. The van der Waals surface area contributed by atoms with E-state index in [-0.39, 0.29) is 24.0 Å². The third-order valence-corrected chi connectivity index (χ3v) is 4.81. The molecule has 0 radical (unpaired) electrons. The average Bonchev–Trinajstić information content (AvgIpc) is 2.73. The molecule has 0 amide bonds. The highest BCUT2D eigenvalue weighted by atomic mass is 127. The van der Waals surface area contributed by atoms with Gasteiger partial charge in [0.1, 0.15) is 5.75 Å². The molecule has 0 unspecified atom stereocenters. The number of ether oxygens (including phenoxy) is 2. The van der Waals surface area contributed by atoms with E-state index < -0.39 is 0 Å². The van der Waals surface area contributed by atoms with Crippen molar-refractivity contribution < 1.29 is 9.47 Å². The summed E-state index contributed by atoms with van der Waals surface area (Å²) in [5, 5.41) is 6.79. The summed E-state index contributed by atoms with van der Waals surface area (Å²) < 4.78 is 11.1. The van der Waals surface area contributed by atoms with Crippen LogP contribution in [0.1, 0.15) is 51.2 Å². The van der Waals surface area contributed by atoms with Gasteiger partial charge in [0.25, 0.3) is 0 Å². The Morgan fingerprint density at radius 2 is 1.80 bits per heavy atom. The fraction of sp³-hybridized carbons (Fsp3) is 0.696. The zero-order valence-corrected chi connectivity index (χ0v) is 22.0. The molecule has 0 aliphatic heterocycles. The number of guanidine groups is 1. The number of nitrogens with one attached hydrogen (secondary N) is 2. The summed E-state index contributed by atoms with van der Waals surface area (Å²) in [7, 11) is 1.71. The molecule has 1 rings (SSSR count). The Morgan fingerprint density at radius 1 is 1.03 bits per heavy atom. The number of hydrogen-bond donors (Lipinski definition) is 2. The van der Waals surface area contributed by atoms with Crippen LogP contribution in [0.15, 0.2) is 23.2 Å². The second kappa shape index (κ2) is 18.7. The van der Waals surface area contributed by atoms with Crippen molar-refractivity contribution in [2.75, 3.05) is 53.0 Å². The lowest BCUT2D eigenvalue weighted by atomic mass is 10.1. The van der Waals surface area contributed by atoms with Crippen molar-refractivity contribution in [2.24, 2.45) is 4.99 Å². The molecular formula is C23H43IN4O2. The Labute approximate surface area is 201 Å². The van der Waals surface area contributed by atoms with Gasteiger partial charge in [-0.2, -0.15) is 0 Å². The fourth-order valence-electron chi connectivity index (χ4n) is 3.03.